The number of likely N-dealkylation sites (tertiary alicyclic amines) is 1. The fourth-order valence-electron chi connectivity index (χ4n) is 6.85. The van der Waals surface area contributed by atoms with E-state index in [1.165, 1.54) is 24.8 Å². The first-order chi connectivity index (χ1) is 12.1. The number of hydrogen-bond acceptors (Lipinski definition) is 4. The quantitative estimate of drug-likeness (QED) is 0.868. The molecule has 3 aliphatic carbocycles. The Bertz CT molecular complexity index is 745. The van der Waals surface area contributed by atoms with Gasteiger partial charge in [-0.25, -0.2) is 0 Å². The fraction of sp³-hybridized carbons (Fsp3) is 0.714. The summed E-state index contributed by atoms with van der Waals surface area (Å²) in [5, 5.41) is 22.5. The van der Waals surface area contributed by atoms with E-state index < -0.39 is 5.60 Å². The van der Waals surface area contributed by atoms with Crippen molar-refractivity contribution in [1.29, 1.82) is 0 Å². The van der Waals surface area contributed by atoms with Crippen molar-refractivity contribution in [1.82, 2.24) is 4.90 Å². The molecule has 2 heterocycles. The zero-order valence-electron chi connectivity index (χ0n) is 14.7. The third kappa shape index (κ3) is 1.62. The lowest BCUT2D eigenvalue weighted by molar-refractivity contribution is -0.187. The van der Waals surface area contributed by atoms with E-state index >= 15 is 0 Å². The second-order valence-electron chi connectivity index (χ2n) is 9.10. The van der Waals surface area contributed by atoms with E-state index in [-0.39, 0.29) is 23.3 Å². The van der Waals surface area contributed by atoms with Crippen molar-refractivity contribution in [2.45, 2.75) is 74.5 Å². The van der Waals surface area contributed by atoms with Gasteiger partial charge in [-0.1, -0.05) is 12.5 Å². The van der Waals surface area contributed by atoms with Gasteiger partial charge in [-0.3, -0.25) is 4.90 Å². The number of benzene rings is 1. The van der Waals surface area contributed by atoms with Crippen molar-refractivity contribution in [3.05, 3.63) is 23.3 Å². The van der Waals surface area contributed by atoms with Gasteiger partial charge in [-0.05, 0) is 69.0 Å². The third-order valence-electron chi connectivity index (χ3n) is 8.19. The van der Waals surface area contributed by atoms with Gasteiger partial charge in [0.1, 0.15) is 6.10 Å². The van der Waals surface area contributed by atoms with Crippen molar-refractivity contribution < 1.29 is 14.9 Å². The van der Waals surface area contributed by atoms with Gasteiger partial charge in [-0.2, -0.15) is 0 Å². The molecule has 6 rings (SSSR count). The Labute approximate surface area is 148 Å². The molecular formula is C21H27NO3. The Kier molecular flexibility index (Phi) is 2.80. The van der Waals surface area contributed by atoms with E-state index in [0.717, 1.165) is 56.7 Å². The Hall–Kier alpha value is -1.26. The first-order valence-electron chi connectivity index (χ1n) is 10.1. The van der Waals surface area contributed by atoms with Crippen LogP contribution < -0.4 is 4.74 Å². The van der Waals surface area contributed by atoms with Crippen molar-refractivity contribution >= 4 is 0 Å². The van der Waals surface area contributed by atoms with Crippen LogP contribution in [-0.2, 0) is 11.8 Å². The Morgan fingerprint density at radius 3 is 2.84 bits per heavy atom. The van der Waals surface area contributed by atoms with Gasteiger partial charge in [0.2, 0.25) is 0 Å². The van der Waals surface area contributed by atoms with E-state index in [1.54, 1.807) is 6.07 Å². The summed E-state index contributed by atoms with van der Waals surface area (Å²) in [4.78, 5) is 2.60. The van der Waals surface area contributed by atoms with E-state index in [4.69, 9.17) is 4.74 Å². The van der Waals surface area contributed by atoms with Crippen LogP contribution >= 0.6 is 0 Å². The van der Waals surface area contributed by atoms with Gasteiger partial charge in [0.25, 0.3) is 0 Å². The van der Waals surface area contributed by atoms with Crippen LogP contribution in [0.3, 0.4) is 0 Å². The minimum Gasteiger partial charge on any atom is -0.504 e. The summed E-state index contributed by atoms with van der Waals surface area (Å²) in [7, 11) is 0. The van der Waals surface area contributed by atoms with Crippen LogP contribution in [-0.4, -0.2) is 45.9 Å². The van der Waals surface area contributed by atoms with Crippen LogP contribution in [0.1, 0.15) is 56.1 Å². The molecule has 4 atom stereocenters. The molecule has 5 aliphatic rings. The minimum absolute atomic E-state index is 0.0296. The van der Waals surface area contributed by atoms with Gasteiger partial charge >= 0.3 is 0 Å². The molecule has 4 heteroatoms. The van der Waals surface area contributed by atoms with Crippen molar-refractivity contribution in [3.8, 4) is 11.5 Å². The summed E-state index contributed by atoms with van der Waals surface area (Å²) in [5.41, 5.74) is 1.45. The zero-order chi connectivity index (χ0) is 16.8. The summed E-state index contributed by atoms with van der Waals surface area (Å²) >= 11 is 0. The Morgan fingerprint density at radius 2 is 2.04 bits per heavy atom. The maximum Gasteiger partial charge on any atom is 0.165 e. The van der Waals surface area contributed by atoms with Crippen molar-refractivity contribution in [3.63, 3.8) is 0 Å². The van der Waals surface area contributed by atoms with Crippen molar-refractivity contribution in [2.24, 2.45) is 5.92 Å². The molecule has 1 spiro atoms. The fourth-order valence-corrected chi connectivity index (χ4v) is 6.85. The number of aliphatic hydroxyl groups is 1. The standard InChI is InChI=1S/C21H27NO3/c23-15-7-6-14-11-16-21(24)8-2-5-17-20(21,18(14)19(15)25-17)9-10-22(16)12-13-3-1-4-13/h6-7,13,16-17,23-24H,1-5,8-12H2/t16-,17+,20-,21-/m1/s1. The average molecular weight is 341 g/mol. The number of nitrogens with zero attached hydrogens (tertiary/aromatic N) is 1. The molecule has 3 fully saturated rings. The largest absolute Gasteiger partial charge is 0.504 e. The molecule has 1 saturated heterocycles. The lowest BCUT2D eigenvalue weighted by atomic mass is 9.49. The zero-order valence-corrected chi connectivity index (χ0v) is 14.7. The monoisotopic (exact) mass is 341 g/mol. The van der Waals surface area contributed by atoms with Gasteiger partial charge in [-0.15, -0.1) is 0 Å². The predicted octanol–water partition coefficient (Wildman–Crippen LogP) is 2.74. The van der Waals surface area contributed by atoms with Crippen LogP contribution in [0, 0.1) is 5.92 Å². The van der Waals surface area contributed by atoms with Gasteiger partial charge in [0, 0.05) is 18.2 Å². The predicted molar refractivity (Wildman–Crippen MR) is 94.0 cm³/mol. The van der Waals surface area contributed by atoms with Gasteiger partial charge in [0.05, 0.1) is 11.0 Å². The lowest BCUT2D eigenvalue weighted by Gasteiger charge is -2.63. The molecule has 4 nitrogen and oxygen atoms in total. The number of rotatable bonds is 2. The number of ether oxygens (including phenoxy) is 1. The van der Waals surface area contributed by atoms with Crippen LogP contribution in [0.15, 0.2) is 12.1 Å². The number of piperidine rings is 1. The number of hydrogen-bond donors (Lipinski definition) is 2. The molecule has 2 aliphatic heterocycles. The van der Waals surface area contributed by atoms with Crippen LogP contribution in [0.25, 0.3) is 0 Å². The first kappa shape index (κ1) is 14.9. The molecule has 25 heavy (non-hydrogen) atoms. The topological polar surface area (TPSA) is 52.9 Å². The molecule has 0 aromatic heterocycles. The van der Waals surface area contributed by atoms with E-state index in [0.29, 0.717) is 5.75 Å². The normalized spacial score (nSPS) is 41.8. The Balaban J connectivity index is 1.51. The highest BCUT2D eigenvalue weighted by Crippen LogP contribution is 2.65. The van der Waals surface area contributed by atoms with Crippen LogP contribution in [0.5, 0.6) is 11.5 Å². The minimum atomic E-state index is -0.704. The molecule has 0 unspecified atom stereocenters. The second-order valence-corrected chi connectivity index (χ2v) is 9.10. The number of phenols is 1. The van der Waals surface area contributed by atoms with E-state index in [9.17, 15) is 10.2 Å². The van der Waals surface area contributed by atoms with Crippen LogP contribution in [0.2, 0.25) is 0 Å². The van der Waals surface area contributed by atoms with Crippen molar-refractivity contribution in [2.75, 3.05) is 13.1 Å². The summed E-state index contributed by atoms with van der Waals surface area (Å²) in [6.45, 7) is 2.20. The number of phenolic OH excluding ortho intramolecular Hbond substituents is 1. The maximum absolute atomic E-state index is 12.1. The molecule has 134 valence electrons. The molecule has 1 aromatic rings. The molecule has 2 saturated carbocycles. The molecule has 2 bridgehead atoms. The van der Waals surface area contributed by atoms with Gasteiger partial charge in [0.15, 0.2) is 11.5 Å². The maximum atomic E-state index is 12.1. The molecule has 1 aromatic carbocycles. The highest BCUT2D eigenvalue weighted by atomic mass is 16.5. The van der Waals surface area contributed by atoms with Crippen LogP contribution in [0.4, 0.5) is 0 Å². The molecular weight excluding hydrogens is 314 g/mol. The number of aromatic hydroxyl groups is 1. The first-order valence-corrected chi connectivity index (χ1v) is 10.1. The molecule has 0 radical (unpaired) electrons. The van der Waals surface area contributed by atoms with E-state index in [1.807, 2.05) is 0 Å². The molecule has 2 N–H and O–H groups in total. The summed E-state index contributed by atoms with van der Waals surface area (Å²) < 4.78 is 6.29. The second kappa shape index (κ2) is 4.72. The Morgan fingerprint density at radius 1 is 1.16 bits per heavy atom. The summed E-state index contributed by atoms with van der Waals surface area (Å²) in [6, 6.07) is 4.07. The molecule has 0 amide bonds. The highest BCUT2D eigenvalue weighted by Gasteiger charge is 2.71. The SMILES string of the molecule is Oc1ccc2c3c1O[C@H]1CCC[C@@]4(O)[C@@H](C2)N(CC2CCC2)CC[C@]314. The smallest absolute Gasteiger partial charge is 0.165 e. The van der Waals surface area contributed by atoms with E-state index in [2.05, 4.69) is 11.0 Å². The van der Waals surface area contributed by atoms with Gasteiger partial charge < -0.3 is 14.9 Å². The third-order valence-corrected chi connectivity index (χ3v) is 8.19. The summed E-state index contributed by atoms with van der Waals surface area (Å²) in [5.74, 6) is 1.75. The average Bonchev–Trinajstić information content (AvgIpc) is 2.89. The lowest BCUT2D eigenvalue weighted by Crippen LogP contribution is -2.75. The summed E-state index contributed by atoms with van der Waals surface area (Å²) in [6.07, 6.45) is 8.84. The highest BCUT2D eigenvalue weighted by molar-refractivity contribution is 5.62.